The summed E-state index contributed by atoms with van der Waals surface area (Å²) in [6.45, 7) is 12.6. The summed E-state index contributed by atoms with van der Waals surface area (Å²) >= 11 is 0. The number of fused-ring (bicyclic) bond motifs is 6. The van der Waals surface area contributed by atoms with E-state index in [9.17, 15) is 28.8 Å². The first kappa shape index (κ1) is 52.7. The Hall–Kier alpha value is -7.62. The molecule has 15 heteroatoms. The van der Waals surface area contributed by atoms with Crippen LogP contribution in [0.25, 0.3) is 0 Å². The van der Waals surface area contributed by atoms with Crippen molar-refractivity contribution in [1.82, 2.24) is 19.8 Å². The van der Waals surface area contributed by atoms with Crippen LogP contribution in [0.1, 0.15) is 70.4 Å². The molecule has 11 rings (SSSR count). The molecule has 1 aromatic heterocycles. The molecule has 1 N–H and O–H groups in total. The third-order valence-corrected chi connectivity index (χ3v) is 12.7. The van der Waals surface area contributed by atoms with Gasteiger partial charge in [0.1, 0.15) is 11.5 Å². The normalized spacial score (nSPS) is 25.2. The van der Waals surface area contributed by atoms with Crippen LogP contribution in [0.15, 0.2) is 162 Å². The molecule has 8 heterocycles. The molecule has 7 atom stereocenters. The quantitative estimate of drug-likeness (QED) is 0.121. The number of aliphatic imine (C=N–C) groups is 1. The van der Waals surface area contributed by atoms with Crippen LogP contribution in [-0.4, -0.2) is 96.5 Å². The Morgan fingerprint density at radius 3 is 1.58 bits per heavy atom. The van der Waals surface area contributed by atoms with E-state index in [0.29, 0.717) is 13.1 Å². The van der Waals surface area contributed by atoms with Gasteiger partial charge in [-0.15, -0.1) is 0 Å². The van der Waals surface area contributed by atoms with Gasteiger partial charge in [0.25, 0.3) is 23.6 Å². The lowest BCUT2D eigenvalue weighted by Gasteiger charge is -2.30. The van der Waals surface area contributed by atoms with Crippen LogP contribution in [0, 0.1) is 25.7 Å². The molecule has 4 fully saturated rings. The Balaban J connectivity index is 0.000000162. The van der Waals surface area contributed by atoms with Crippen molar-refractivity contribution in [3.63, 3.8) is 0 Å². The number of carbonyl (C=O) groups excluding carboxylic acids is 6. The van der Waals surface area contributed by atoms with E-state index < -0.39 is 29.6 Å². The third kappa shape index (κ3) is 11.2. The van der Waals surface area contributed by atoms with Gasteiger partial charge in [0.2, 0.25) is 24.2 Å². The molecule has 4 aromatic rings. The first-order valence-electron chi connectivity index (χ1n) is 22.8. The van der Waals surface area contributed by atoms with Crippen LogP contribution in [-0.2, 0) is 58.0 Å². The Morgan fingerprint density at radius 1 is 0.620 bits per heavy atom. The summed E-state index contributed by atoms with van der Waals surface area (Å²) in [6.07, 6.45) is 12.1. The number of allylic oxidation sites excluding steroid dienone is 3. The number of pyridine rings is 1. The number of hydrogen-bond donors (Lipinski definition) is 1. The van der Waals surface area contributed by atoms with Crippen molar-refractivity contribution in [3.05, 3.63) is 184 Å². The van der Waals surface area contributed by atoms with Crippen LogP contribution in [0.3, 0.4) is 0 Å². The maximum atomic E-state index is 12.8. The van der Waals surface area contributed by atoms with Gasteiger partial charge in [-0.2, -0.15) is 0 Å². The van der Waals surface area contributed by atoms with Gasteiger partial charge >= 0.3 is 0 Å². The van der Waals surface area contributed by atoms with E-state index in [0.717, 1.165) is 49.3 Å². The lowest BCUT2D eigenvalue weighted by molar-refractivity contribution is -0.905. The monoisotopic (exact) mass is 963 g/mol. The lowest BCUT2D eigenvalue weighted by atomic mass is 9.85. The molecule has 0 radical (unpaired) electrons. The predicted molar refractivity (Wildman–Crippen MR) is 266 cm³/mol. The van der Waals surface area contributed by atoms with E-state index in [1.165, 1.54) is 26.9 Å². The fraction of sp³-hybridized carbons (Fsp3) is 0.321. The number of ether oxygens (including phenoxy) is 1. The number of dihydropyridines is 1. The second-order valence-electron chi connectivity index (χ2n) is 18.3. The van der Waals surface area contributed by atoms with Gasteiger partial charge in [-0.3, -0.25) is 63.6 Å². The zero-order valence-corrected chi connectivity index (χ0v) is 39.3. The average molecular weight is 964 g/mol. The van der Waals surface area contributed by atoms with Gasteiger partial charge in [-0.25, -0.2) is 0 Å². The van der Waals surface area contributed by atoms with E-state index in [4.69, 9.17) is 14.8 Å². The number of likely N-dealkylation sites (tertiary alicyclic amines) is 2. The van der Waals surface area contributed by atoms with Crippen LogP contribution in [0.5, 0.6) is 0 Å². The Kier molecular flexibility index (Phi) is 16.3. The molecule has 0 spiro atoms. The van der Waals surface area contributed by atoms with E-state index in [1.807, 2.05) is 157 Å². The lowest BCUT2D eigenvalue weighted by Crippen LogP contribution is -2.43. The van der Waals surface area contributed by atoms with Gasteiger partial charge < -0.3 is 4.74 Å². The van der Waals surface area contributed by atoms with Gasteiger partial charge in [0.15, 0.2) is 12.2 Å². The van der Waals surface area contributed by atoms with Crippen molar-refractivity contribution in [2.75, 3.05) is 0 Å². The number of hydrogen-bond acceptors (Lipinski definition) is 11. The van der Waals surface area contributed by atoms with Gasteiger partial charge in [0.05, 0.1) is 37.6 Å². The Morgan fingerprint density at radius 2 is 1.08 bits per heavy atom. The summed E-state index contributed by atoms with van der Waals surface area (Å²) in [5.74, 6) is -2.25. The topological polar surface area (TPSA) is 170 Å². The smallest absolute Gasteiger partial charge is 0.262 e. The van der Waals surface area contributed by atoms with Crippen molar-refractivity contribution in [1.29, 1.82) is 0 Å². The number of aryl methyl sites for hydroxylation is 2. The van der Waals surface area contributed by atoms with Crippen molar-refractivity contribution in [2.24, 2.45) is 16.8 Å². The number of rotatable bonds is 6. The number of aromatic nitrogens is 1. The molecule has 15 nitrogen and oxygen atoms in total. The third-order valence-electron chi connectivity index (χ3n) is 12.7. The molecular formula is C56H63N6O9+. The maximum absolute atomic E-state index is 12.8. The number of nitrogens with zero attached hydrogens (tertiary/aromatic N) is 6. The molecule has 0 aliphatic carbocycles. The largest absolute Gasteiger partial charge is 0.355 e. The van der Waals surface area contributed by atoms with Crippen molar-refractivity contribution in [2.45, 2.75) is 106 Å². The summed E-state index contributed by atoms with van der Waals surface area (Å²) in [4.78, 5) is 87.5. The summed E-state index contributed by atoms with van der Waals surface area (Å²) in [7, 11) is 0. The first-order valence-corrected chi connectivity index (χ1v) is 22.8. The summed E-state index contributed by atoms with van der Waals surface area (Å²) in [5.41, 5.74) is 7.40. The molecule has 71 heavy (non-hydrogen) atoms. The second kappa shape index (κ2) is 22.0. The van der Waals surface area contributed by atoms with Gasteiger partial charge in [-0.05, 0) is 87.1 Å². The minimum Gasteiger partial charge on any atom is -0.355 e. The summed E-state index contributed by atoms with van der Waals surface area (Å²) in [5, 5.41) is 10.6. The van der Waals surface area contributed by atoms with Crippen molar-refractivity contribution >= 4 is 41.7 Å². The summed E-state index contributed by atoms with van der Waals surface area (Å²) in [6, 6.07) is 30.0. The van der Waals surface area contributed by atoms with E-state index in [-0.39, 0.29) is 68.9 Å². The van der Waals surface area contributed by atoms with E-state index in [1.54, 1.807) is 23.7 Å². The number of hydroxylamine groups is 2. The van der Waals surface area contributed by atoms with Crippen molar-refractivity contribution in [3.8, 4) is 0 Å². The minimum atomic E-state index is -0.722. The fourth-order valence-corrected chi connectivity index (χ4v) is 9.75. The molecule has 7 aliphatic heterocycles. The predicted octanol–water partition coefficient (Wildman–Crippen LogP) is 6.96. The highest BCUT2D eigenvalue weighted by Crippen LogP contribution is 2.46. The van der Waals surface area contributed by atoms with Gasteiger partial charge in [-0.1, -0.05) is 112 Å². The number of benzene rings is 3. The fourth-order valence-electron chi connectivity index (χ4n) is 9.75. The number of amides is 6. The summed E-state index contributed by atoms with van der Waals surface area (Å²) < 4.78 is 7.07. The zero-order valence-electron chi connectivity index (χ0n) is 39.3. The van der Waals surface area contributed by atoms with Gasteiger partial charge in [0, 0.05) is 40.4 Å². The van der Waals surface area contributed by atoms with Crippen LogP contribution in [0.4, 0.5) is 0 Å². The molecule has 3 aromatic carbocycles. The highest BCUT2D eigenvalue weighted by Gasteiger charge is 2.64. The Bertz CT molecular complexity index is 2700. The molecule has 370 valence electrons. The standard InChI is InChI=1S/2C18H18N2O3.C11H9NO2.C7H10NO.2CH4/c1-11-8-18(2)15(19-9-11)13-14(23-18)17(22)20(16(13)21)10-12-6-4-3-5-7-12;1-11-8-12(2)15-14-16(23-20(15)9-11)18(22)19(17(14)21)10-13-6-4-3-5-7-13;13-10-6-7-11(14)12(10)8-9-4-2-1-3-5-9;1-6-3-7(2)5-8(9)4-6;;/h3-9,13-15H,10H2,1-2H3;3-9,14-16H,10H2,1-2H3;1-7H,8H2;3-5,9H,1-2H3;2*1H4/q;;;+1;;/t13-,14-,15-,18-;14-,15-,16+;;;;/m01..../s1. The molecule has 6 amide bonds. The molecule has 7 aliphatic rings. The first-order chi connectivity index (χ1) is 33.0. The molecule has 0 bridgehead atoms. The maximum Gasteiger partial charge on any atom is 0.262 e. The van der Waals surface area contributed by atoms with Crippen LogP contribution >= 0.6 is 0 Å². The molecule has 4 saturated heterocycles. The van der Waals surface area contributed by atoms with E-state index >= 15 is 0 Å². The number of carbonyl (C=O) groups is 6. The zero-order chi connectivity index (χ0) is 49.1. The van der Waals surface area contributed by atoms with Crippen LogP contribution in [0.2, 0.25) is 0 Å². The highest BCUT2D eigenvalue weighted by molar-refractivity contribution is 6.13. The molecule has 0 saturated carbocycles. The average Bonchev–Trinajstić information content (AvgIpc) is 4.06. The van der Waals surface area contributed by atoms with Crippen LogP contribution < -0.4 is 4.73 Å². The van der Waals surface area contributed by atoms with E-state index in [2.05, 4.69) is 4.99 Å². The SMILES string of the molecule is C.C.CC1=CN2O[C@@H]3C(=O)N(Cc4ccccc4)C(=O)[C@@H]3[C@H]2C(C)=C1.CC1=C[C@]2(C)O[C@@H]3C(=O)N(Cc4ccccc4)C(=O)[C@@H]3[C@@H]2N=C1.Cc1cc(C)c[n+](O)c1.O=C1C=CC(=O)N1Cc1ccccc1. The molecular weight excluding hydrogens is 901 g/mol. The second-order valence-corrected chi connectivity index (χ2v) is 18.3. The number of imide groups is 3. The minimum absolute atomic E-state index is 0. The Labute approximate surface area is 415 Å². The molecule has 0 unspecified atom stereocenters. The highest BCUT2D eigenvalue weighted by atomic mass is 16.7. The van der Waals surface area contributed by atoms with Crippen molar-refractivity contribution < 1.29 is 48.3 Å².